The van der Waals surface area contributed by atoms with E-state index in [4.69, 9.17) is 16.3 Å². The Labute approximate surface area is 177 Å². The number of benzene rings is 2. The molecule has 0 fully saturated rings. The number of amides is 2. The molecular formula is C22H17ClN4O3. The second kappa shape index (κ2) is 8.26. The van der Waals surface area contributed by atoms with Gasteiger partial charge in [-0.3, -0.25) is 14.6 Å². The maximum atomic E-state index is 12.7. The standard InChI is InChI=1S/C22H17ClN4O3/c1-24-22(29)20-11-16(8-9-25-20)30-15-5-3-14(4-6-15)27-21(28)18-12-26-19-7-2-13(23)10-17(18)19/h2-12,26H,1H3,(H,24,29)(H,27,28). The molecular weight excluding hydrogens is 404 g/mol. The fraction of sp³-hybridized carbons (Fsp3) is 0.0455. The predicted molar refractivity (Wildman–Crippen MR) is 115 cm³/mol. The lowest BCUT2D eigenvalue weighted by Gasteiger charge is -2.09. The molecule has 0 radical (unpaired) electrons. The van der Waals surface area contributed by atoms with Gasteiger partial charge in [0.15, 0.2) is 0 Å². The molecule has 30 heavy (non-hydrogen) atoms. The highest BCUT2D eigenvalue weighted by atomic mass is 35.5. The van der Waals surface area contributed by atoms with Crippen molar-refractivity contribution in [1.29, 1.82) is 0 Å². The van der Waals surface area contributed by atoms with E-state index < -0.39 is 0 Å². The highest BCUT2D eigenvalue weighted by Crippen LogP contribution is 2.25. The average Bonchev–Trinajstić information content (AvgIpc) is 3.18. The summed E-state index contributed by atoms with van der Waals surface area (Å²) < 4.78 is 5.76. The number of nitrogens with one attached hydrogen (secondary N) is 3. The van der Waals surface area contributed by atoms with Crippen molar-refractivity contribution >= 4 is 40.0 Å². The van der Waals surface area contributed by atoms with E-state index in [2.05, 4.69) is 20.6 Å². The molecule has 2 amide bonds. The molecule has 3 N–H and O–H groups in total. The zero-order valence-electron chi connectivity index (χ0n) is 15.9. The van der Waals surface area contributed by atoms with Crippen molar-refractivity contribution in [2.75, 3.05) is 12.4 Å². The summed E-state index contributed by atoms with van der Waals surface area (Å²) in [6, 6.07) is 15.5. The second-order valence-electron chi connectivity index (χ2n) is 6.43. The van der Waals surface area contributed by atoms with Crippen molar-refractivity contribution in [3.8, 4) is 11.5 Å². The molecule has 0 aliphatic rings. The highest BCUT2D eigenvalue weighted by Gasteiger charge is 2.13. The molecule has 7 nitrogen and oxygen atoms in total. The van der Waals surface area contributed by atoms with Gasteiger partial charge in [-0.25, -0.2) is 0 Å². The Hall–Kier alpha value is -3.84. The minimum absolute atomic E-state index is 0.249. The van der Waals surface area contributed by atoms with Crippen molar-refractivity contribution in [2.24, 2.45) is 0 Å². The second-order valence-corrected chi connectivity index (χ2v) is 6.87. The van der Waals surface area contributed by atoms with Crippen LogP contribution in [0.5, 0.6) is 11.5 Å². The van der Waals surface area contributed by atoms with Crippen LogP contribution in [0.15, 0.2) is 67.0 Å². The molecule has 150 valence electrons. The molecule has 2 aromatic heterocycles. The van der Waals surface area contributed by atoms with Crippen LogP contribution in [0.4, 0.5) is 5.69 Å². The number of nitrogens with zero attached hydrogens (tertiary/aromatic N) is 1. The zero-order valence-corrected chi connectivity index (χ0v) is 16.7. The minimum atomic E-state index is -0.294. The van der Waals surface area contributed by atoms with Crippen LogP contribution in [0.1, 0.15) is 20.8 Å². The number of pyridine rings is 1. The van der Waals surface area contributed by atoms with Crippen LogP contribution in [0.2, 0.25) is 5.02 Å². The normalized spacial score (nSPS) is 10.6. The molecule has 0 atom stereocenters. The third-order valence-electron chi connectivity index (χ3n) is 4.43. The average molecular weight is 421 g/mol. The van der Waals surface area contributed by atoms with E-state index in [0.717, 1.165) is 10.9 Å². The van der Waals surface area contributed by atoms with Crippen molar-refractivity contribution in [1.82, 2.24) is 15.3 Å². The number of rotatable bonds is 5. The Morgan fingerprint density at radius 1 is 1.00 bits per heavy atom. The third kappa shape index (κ3) is 4.11. The van der Waals surface area contributed by atoms with Gasteiger partial charge in [-0.15, -0.1) is 0 Å². The summed E-state index contributed by atoms with van der Waals surface area (Å²) in [4.78, 5) is 31.4. The van der Waals surface area contributed by atoms with Gasteiger partial charge in [0.05, 0.1) is 5.56 Å². The molecule has 0 unspecified atom stereocenters. The number of H-pyrrole nitrogens is 1. The Balaban J connectivity index is 1.46. The number of halogens is 1. The van der Waals surface area contributed by atoms with Gasteiger partial charge >= 0.3 is 0 Å². The maximum absolute atomic E-state index is 12.7. The molecule has 0 aliphatic carbocycles. The van der Waals surface area contributed by atoms with E-state index in [-0.39, 0.29) is 17.5 Å². The van der Waals surface area contributed by atoms with E-state index in [1.54, 1.807) is 54.7 Å². The number of ether oxygens (including phenoxy) is 1. The molecule has 0 aliphatic heterocycles. The summed E-state index contributed by atoms with van der Waals surface area (Å²) in [5.41, 5.74) is 2.22. The summed E-state index contributed by atoms with van der Waals surface area (Å²) in [7, 11) is 1.54. The molecule has 4 rings (SSSR count). The van der Waals surface area contributed by atoms with Gasteiger partial charge in [0.1, 0.15) is 17.2 Å². The summed E-state index contributed by atoms with van der Waals surface area (Å²) >= 11 is 6.05. The van der Waals surface area contributed by atoms with Crippen molar-refractivity contribution in [2.45, 2.75) is 0 Å². The van der Waals surface area contributed by atoms with Gasteiger partial charge in [-0.05, 0) is 48.5 Å². The van der Waals surface area contributed by atoms with Gasteiger partial charge in [0.25, 0.3) is 11.8 Å². The monoisotopic (exact) mass is 420 g/mol. The van der Waals surface area contributed by atoms with Crippen LogP contribution >= 0.6 is 11.6 Å². The van der Waals surface area contributed by atoms with E-state index in [1.807, 2.05) is 6.07 Å². The maximum Gasteiger partial charge on any atom is 0.269 e. The number of aromatic amines is 1. The van der Waals surface area contributed by atoms with Crippen LogP contribution in [0.3, 0.4) is 0 Å². The summed E-state index contributed by atoms with van der Waals surface area (Å²) in [6.07, 6.45) is 3.16. The number of hydrogen-bond acceptors (Lipinski definition) is 4. The number of fused-ring (bicyclic) bond motifs is 1. The number of carbonyl (C=O) groups is 2. The lowest BCUT2D eigenvalue weighted by atomic mass is 10.1. The van der Waals surface area contributed by atoms with Crippen molar-refractivity contribution < 1.29 is 14.3 Å². The van der Waals surface area contributed by atoms with Crippen LogP contribution in [0, 0.1) is 0 Å². The topological polar surface area (TPSA) is 96.1 Å². The third-order valence-corrected chi connectivity index (χ3v) is 4.66. The largest absolute Gasteiger partial charge is 0.457 e. The van der Waals surface area contributed by atoms with Gasteiger partial charge in [0, 0.05) is 47.1 Å². The minimum Gasteiger partial charge on any atom is -0.457 e. The Morgan fingerprint density at radius 3 is 2.57 bits per heavy atom. The van der Waals surface area contributed by atoms with Gasteiger partial charge in [-0.2, -0.15) is 0 Å². The van der Waals surface area contributed by atoms with Crippen LogP contribution < -0.4 is 15.4 Å². The van der Waals surface area contributed by atoms with E-state index in [0.29, 0.717) is 27.8 Å². The van der Waals surface area contributed by atoms with Crippen molar-refractivity contribution in [3.05, 3.63) is 83.3 Å². The van der Waals surface area contributed by atoms with Crippen LogP contribution in [-0.2, 0) is 0 Å². The molecule has 0 spiro atoms. The summed E-state index contributed by atoms with van der Waals surface area (Å²) in [5.74, 6) is 0.496. The lowest BCUT2D eigenvalue weighted by Crippen LogP contribution is -2.18. The van der Waals surface area contributed by atoms with E-state index in [9.17, 15) is 9.59 Å². The number of carbonyl (C=O) groups excluding carboxylic acids is 2. The molecule has 2 aromatic carbocycles. The number of aromatic nitrogens is 2. The predicted octanol–water partition coefficient (Wildman–Crippen LogP) is 4.62. The molecule has 8 heteroatoms. The molecule has 0 bridgehead atoms. The number of anilines is 1. The van der Waals surface area contributed by atoms with Crippen molar-refractivity contribution in [3.63, 3.8) is 0 Å². The molecule has 0 saturated carbocycles. The molecule has 0 saturated heterocycles. The zero-order chi connectivity index (χ0) is 21.1. The Kier molecular flexibility index (Phi) is 5.36. The highest BCUT2D eigenvalue weighted by molar-refractivity contribution is 6.31. The first-order valence-electron chi connectivity index (χ1n) is 9.07. The first-order chi connectivity index (χ1) is 14.5. The van der Waals surface area contributed by atoms with Crippen LogP contribution in [-0.4, -0.2) is 28.8 Å². The number of hydrogen-bond donors (Lipinski definition) is 3. The van der Waals surface area contributed by atoms with E-state index in [1.165, 1.54) is 13.2 Å². The molecule has 4 aromatic rings. The van der Waals surface area contributed by atoms with Crippen LogP contribution in [0.25, 0.3) is 10.9 Å². The SMILES string of the molecule is CNC(=O)c1cc(Oc2ccc(NC(=O)c3c[nH]c4ccc(Cl)cc34)cc2)ccn1. The fourth-order valence-corrected chi connectivity index (χ4v) is 3.12. The Bertz CT molecular complexity index is 1230. The summed E-state index contributed by atoms with van der Waals surface area (Å²) in [6.45, 7) is 0. The molecule has 2 heterocycles. The first-order valence-corrected chi connectivity index (χ1v) is 9.45. The van der Waals surface area contributed by atoms with Gasteiger partial charge < -0.3 is 20.4 Å². The first kappa shape index (κ1) is 19.5. The van der Waals surface area contributed by atoms with Gasteiger partial charge in [-0.1, -0.05) is 11.6 Å². The lowest BCUT2D eigenvalue weighted by molar-refractivity contribution is 0.0957. The smallest absolute Gasteiger partial charge is 0.269 e. The van der Waals surface area contributed by atoms with Gasteiger partial charge in [0.2, 0.25) is 0 Å². The Morgan fingerprint density at radius 2 is 1.80 bits per heavy atom. The fourth-order valence-electron chi connectivity index (χ4n) is 2.95. The van der Waals surface area contributed by atoms with E-state index >= 15 is 0 Å². The quantitative estimate of drug-likeness (QED) is 0.439. The summed E-state index contributed by atoms with van der Waals surface area (Å²) in [5, 5.41) is 6.69.